The Bertz CT molecular complexity index is 762. The lowest BCUT2D eigenvalue weighted by molar-refractivity contribution is -0.151. The number of urea groups is 1. The van der Waals surface area contributed by atoms with Crippen molar-refractivity contribution in [2.45, 2.75) is 38.3 Å². The Labute approximate surface area is 157 Å². The highest BCUT2D eigenvalue weighted by Gasteiger charge is 2.49. The van der Waals surface area contributed by atoms with Gasteiger partial charge in [0.15, 0.2) is 6.61 Å². The Balaban J connectivity index is 1.54. The Kier molecular flexibility index (Phi) is 5.16. The molecule has 1 saturated carbocycles. The van der Waals surface area contributed by atoms with Crippen molar-refractivity contribution in [1.29, 1.82) is 0 Å². The molecule has 8 nitrogen and oxygen atoms in total. The minimum atomic E-state index is -1.24. The minimum absolute atomic E-state index is 0.0497. The fourth-order valence-electron chi connectivity index (χ4n) is 3.14. The molecule has 1 aliphatic carbocycles. The fraction of sp³-hybridized carbons (Fsp3) is 0.474. The van der Waals surface area contributed by atoms with Gasteiger partial charge in [-0.25, -0.2) is 4.79 Å². The molecule has 4 amide bonds. The van der Waals surface area contributed by atoms with Crippen LogP contribution in [0.15, 0.2) is 30.3 Å². The third kappa shape index (κ3) is 4.10. The van der Waals surface area contributed by atoms with Crippen molar-refractivity contribution in [3.05, 3.63) is 35.9 Å². The fourth-order valence-corrected chi connectivity index (χ4v) is 3.14. The van der Waals surface area contributed by atoms with Gasteiger partial charge in [-0.1, -0.05) is 30.3 Å². The number of imide groups is 1. The molecule has 144 valence electrons. The van der Waals surface area contributed by atoms with E-state index in [1.54, 1.807) is 37.3 Å². The number of rotatable bonds is 7. The monoisotopic (exact) mass is 373 g/mol. The summed E-state index contributed by atoms with van der Waals surface area (Å²) in [6.45, 7) is 2.52. The smallest absolute Gasteiger partial charge is 0.326 e. The minimum Gasteiger partial charge on any atom is -0.454 e. The van der Waals surface area contributed by atoms with Gasteiger partial charge in [-0.2, -0.15) is 0 Å². The second-order valence-corrected chi connectivity index (χ2v) is 7.17. The largest absolute Gasteiger partial charge is 0.454 e. The Morgan fingerprint density at radius 1 is 1.30 bits per heavy atom. The van der Waals surface area contributed by atoms with Crippen molar-refractivity contribution >= 4 is 23.8 Å². The van der Waals surface area contributed by atoms with E-state index in [4.69, 9.17) is 4.74 Å². The summed E-state index contributed by atoms with van der Waals surface area (Å²) in [5, 5.41) is 5.38. The molecule has 2 fully saturated rings. The molecule has 2 aliphatic rings. The van der Waals surface area contributed by atoms with E-state index in [9.17, 15) is 19.2 Å². The number of nitrogens with one attached hydrogen (secondary N) is 2. The molecule has 1 saturated heterocycles. The van der Waals surface area contributed by atoms with Gasteiger partial charge in [-0.3, -0.25) is 19.3 Å². The van der Waals surface area contributed by atoms with Gasteiger partial charge in [0.2, 0.25) is 0 Å². The third-order valence-electron chi connectivity index (χ3n) is 5.00. The summed E-state index contributed by atoms with van der Waals surface area (Å²) in [6, 6.07) is 8.16. The van der Waals surface area contributed by atoms with Crippen molar-refractivity contribution in [2.24, 2.45) is 5.92 Å². The van der Waals surface area contributed by atoms with Crippen molar-refractivity contribution in [2.75, 3.05) is 13.2 Å². The summed E-state index contributed by atoms with van der Waals surface area (Å²) in [7, 11) is 0. The average Bonchev–Trinajstić information content (AvgIpc) is 3.46. The van der Waals surface area contributed by atoms with Crippen molar-refractivity contribution in [3.63, 3.8) is 0 Å². The number of hydrogen-bond acceptors (Lipinski definition) is 5. The lowest BCUT2D eigenvalue weighted by Crippen LogP contribution is -2.42. The predicted molar refractivity (Wildman–Crippen MR) is 95.3 cm³/mol. The average molecular weight is 373 g/mol. The molecule has 1 aromatic carbocycles. The lowest BCUT2D eigenvalue weighted by atomic mass is 9.92. The highest BCUT2D eigenvalue weighted by molar-refractivity contribution is 6.08. The number of hydrogen-bond donors (Lipinski definition) is 2. The van der Waals surface area contributed by atoms with Crippen LogP contribution in [-0.4, -0.2) is 47.9 Å². The molecule has 2 N–H and O–H groups in total. The molecule has 27 heavy (non-hydrogen) atoms. The van der Waals surface area contributed by atoms with Gasteiger partial charge in [0.05, 0.1) is 0 Å². The highest BCUT2D eigenvalue weighted by atomic mass is 16.5. The molecule has 3 rings (SSSR count). The van der Waals surface area contributed by atoms with Crippen LogP contribution in [0.4, 0.5) is 4.79 Å². The molecule has 0 spiro atoms. The molecular weight excluding hydrogens is 350 g/mol. The van der Waals surface area contributed by atoms with Gasteiger partial charge in [-0.05, 0) is 38.2 Å². The molecule has 0 aromatic heterocycles. The lowest BCUT2D eigenvalue weighted by Gasteiger charge is -2.21. The van der Waals surface area contributed by atoms with Crippen molar-refractivity contribution < 1.29 is 23.9 Å². The molecule has 0 radical (unpaired) electrons. The molecule has 1 heterocycles. The Hall–Kier alpha value is -2.90. The molecule has 0 unspecified atom stereocenters. The van der Waals surface area contributed by atoms with E-state index in [-0.39, 0.29) is 6.04 Å². The number of nitrogens with zero attached hydrogens (tertiary/aromatic N) is 1. The molecule has 1 aromatic rings. The third-order valence-corrected chi connectivity index (χ3v) is 5.00. The summed E-state index contributed by atoms with van der Waals surface area (Å²) < 4.78 is 4.91. The van der Waals surface area contributed by atoms with Gasteiger partial charge in [0.25, 0.3) is 11.8 Å². The zero-order valence-corrected chi connectivity index (χ0v) is 15.4. The molecule has 0 bridgehead atoms. The van der Waals surface area contributed by atoms with E-state index in [0.717, 1.165) is 17.7 Å². The van der Waals surface area contributed by atoms with E-state index in [2.05, 4.69) is 10.6 Å². The van der Waals surface area contributed by atoms with Crippen molar-refractivity contribution in [3.8, 4) is 0 Å². The van der Waals surface area contributed by atoms with Crippen molar-refractivity contribution in [1.82, 2.24) is 15.5 Å². The van der Waals surface area contributed by atoms with E-state index in [0.29, 0.717) is 11.5 Å². The van der Waals surface area contributed by atoms with Gasteiger partial charge >= 0.3 is 12.0 Å². The summed E-state index contributed by atoms with van der Waals surface area (Å²) >= 11 is 0. The van der Waals surface area contributed by atoms with Crippen LogP contribution in [0.2, 0.25) is 0 Å². The second-order valence-electron chi connectivity index (χ2n) is 7.17. The number of amides is 4. The van der Waals surface area contributed by atoms with Crippen LogP contribution in [-0.2, 0) is 24.7 Å². The van der Waals surface area contributed by atoms with E-state index < -0.39 is 42.5 Å². The van der Waals surface area contributed by atoms with Gasteiger partial charge < -0.3 is 15.4 Å². The number of esters is 1. The second kappa shape index (κ2) is 7.38. The first kappa shape index (κ1) is 18.9. The maximum absolute atomic E-state index is 12.7. The molecule has 2 atom stereocenters. The van der Waals surface area contributed by atoms with E-state index in [1.807, 2.05) is 6.92 Å². The van der Waals surface area contributed by atoms with Crippen LogP contribution in [0.25, 0.3) is 0 Å². The SMILES string of the molecule is C[C@@H](NC(=O)COC(=O)CN1C(=O)N[C@](C)(c2ccccc2)C1=O)C1CC1. The summed E-state index contributed by atoms with van der Waals surface area (Å²) in [4.78, 5) is 49.5. The zero-order valence-electron chi connectivity index (χ0n) is 15.4. The Morgan fingerprint density at radius 2 is 1.96 bits per heavy atom. The molecule has 8 heteroatoms. The van der Waals surface area contributed by atoms with Crippen LogP contribution in [0.3, 0.4) is 0 Å². The number of carbonyl (C=O) groups excluding carboxylic acids is 4. The van der Waals surface area contributed by atoms with E-state index in [1.165, 1.54) is 0 Å². The summed E-state index contributed by atoms with van der Waals surface area (Å²) in [6.07, 6.45) is 2.18. The van der Waals surface area contributed by atoms with Gasteiger partial charge in [0.1, 0.15) is 12.1 Å². The molecule has 1 aliphatic heterocycles. The normalized spacial score (nSPS) is 23.0. The number of benzene rings is 1. The standard InChI is InChI=1S/C19H23N3O5/c1-12(13-8-9-13)20-15(23)11-27-16(24)10-22-17(25)19(2,21-18(22)26)14-6-4-3-5-7-14/h3-7,12-13H,8-11H2,1-2H3,(H,20,23)(H,21,26)/t12-,19-/m1/s1. The van der Waals surface area contributed by atoms with Crippen LogP contribution in [0.5, 0.6) is 0 Å². The van der Waals surface area contributed by atoms with Crippen LogP contribution >= 0.6 is 0 Å². The Morgan fingerprint density at radius 3 is 2.59 bits per heavy atom. The molecular formula is C19H23N3O5. The quantitative estimate of drug-likeness (QED) is 0.546. The van der Waals surface area contributed by atoms with Gasteiger partial charge in [-0.15, -0.1) is 0 Å². The maximum atomic E-state index is 12.7. The number of ether oxygens (including phenoxy) is 1. The van der Waals surface area contributed by atoms with Crippen LogP contribution < -0.4 is 10.6 Å². The highest BCUT2D eigenvalue weighted by Crippen LogP contribution is 2.32. The first-order valence-corrected chi connectivity index (χ1v) is 8.96. The topological polar surface area (TPSA) is 105 Å². The predicted octanol–water partition coefficient (Wildman–Crippen LogP) is 0.912. The van der Waals surface area contributed by atoms with E-state index >= 15 is 0 Å². The van der Waals surface area contributed by atoms with Crippen LogP contribution in [0.1, 0.15) is 32.3 Å². The zero-order chi connectivity index (χ0) is 19.6. The maximum Gasteiger partial charge on any atom is 0.326 e. The number of carbonyl (C=O) groups is 4. The summed E-state index contributed by atoms with van der Waals surface area (Å²) in [5.74, 6) is -1.26. The van der Waals surface area contributed by atoms with Gasteiger partial charge in [0, 0.05) is 6.04 Å². The first-order chi connectivity index (χ1) is 12.8. The summed E-state index contributed by atoms with van der Waals surface area (Å²) in [5.41, 5.74) is -0.622. The van der Waals surface area contributed by atoms with Crippen LogP contribution in [0, 0.1) is 5.92 Å². The first-order valence-electron chi connectivity index (χ1n) is 8.96.